The van der Waals surface area contributed by atoms with Crippen LogP contribution in [-0.4, -0.2) is 150 Å². The van der Waals surface area contributed by atoms with E-state index in [1.165, 1.54) is 36.4 Å². The van der Waals surface area contributed by atoms with Gasteiger partial charge in [-0.25, -0.2) is 4.79 Å². The zero-order valence-electron chi connectivity index (χ0n) is 49.7. The molecule has 2 aliphatic heterocycles. The number of aliphatic imine (C=N–C) groups is 3. The maximum atomic E-state index is 13.7. The van der Waals surface area contributed by atoms with E-state index in [4.69, 9.17) is 49.6 Å². The van der Waals surface area contributed by atoms with E-state index in [1.54, 1.807) is 25.1 Å². The summed E-state index contributed by atoms with van der Waals surface area (Å²) in [6.45, 7) is 2.90. The van der Waals surface area contributed by atoms with E-state index in [2.05, 4.69) is 52.2 Å². The maximum absolute atomic E-state index is 13.7. The Bertz CT molecular complexity index is 3040. The molecule has 30 nitrogen and oxygen atoms in total. The molecule has 89 heavy (non-hydrogen) atoms. The number of nitrogens with one attached hydrogen (secondary N) is 7. The summed E-state index contributed by atoms with van der Waals surface area (Å²) in [5.74, 6) is -5.18. The predicted octanol–water partition coefficient (Wildman–Crippen LogP) is -0.314. The van der Waals surface area contributed by atoms with Crippen LogP contribution in [0.25, 0.3) is 0 Å². The Hall–Kier alpha value is -9.55. The maximum Gasteiger partial charge on any atom is 0.340 e. The summed E-state index contributed by atoms with van der Waals surface area (Å²) < 4.78 is 12.1. The summed E-state index contributed by atoms with van der Waals surface area (Å²) >= 11 is 0.994. The molecule has 484 valence electrons. The van der Waals surface area contributed by atoms with Crippen LogP contribution < -0.4 is 82.1 Å². The number of hydrogen-bond acceptors (Lipinski definition) is 17. The van der Waals surface area contributed by atoms with Crippen LogP contribution in [0, 0.1) is 0 Å². The molecule has 23 N–H and O–H groups in total. The molecule has 0 saturated heterocycles. The van der Waals surface area contributed by atoms with Gasteiger partial charge in [-0.1, -0.05) is 19.8 Å². The SMILES string of the molecule is CCC(=O)NC(CCCN=C(N)N)C(=O)NCCCCCC(=O)NC(CCCN=C(N)N)C(=O)NCCCCCC(=O)NC(CCCN=C(N)N)C(=O)NC(CSCC(=O)Nc1ccc2c(c1)C1(OC2=O)c2ccc(O)cc2Oc2cc(O)ccc21)C(N)=O. The van der Waals surface area contributed by atoms with E-state index in [9.17, 15) is 53.4 Å². The highest BCUT2D eigenvalue weighted by molar-refractivity contribution is 8.00. The molecule has 2 heterocycles. The molecule has 0 saturated carbocycles. The van der Waals surface area contributed by atoms with E-state index >= 15 is 0 Å². The number of thioether (sulfide) groups is 1. The monoisotopic (exact) mass is 1260 g/mol. The number of fused-ring (bicyclic) bond motifs is 6. The van der Waals surface area contributed by atoms with E-state index in [0.717, 1.165) is 11.8 Å². The second-order valence-corrected chi connectivity index (χ2v) is 22.1. The van der Waals surface area contributed by atoms with Crippen LogP contribution >= 0.6 is 11.8 Å². The van der Waals surface area contributed by atoms with Gasteiger partial charge in [-0.2, -0.15) is 0 Å². The Kier molecular flexibility index (Phi) is 27.9. The number of ether oxygens (including phenoxy) is 2. The van der Waals surface area contributed by atoms with Gasteiger partial charge in [-0.05, 0) is 107 Å². The number of carbonyl (C=O) groups is 9. The number of aromatic hydroxyl groups is 2. The molecule has 1 spiro atoms. The van der Waals surface area contributed by atoms with Crippen LogP contribution in [0.4, 0.5) is 5.69 Å². The first kappa shape index (κ1) is 70.2. The number of nitrogens with zero attached hydrogens (tertiary/aromatic N) is 3. The molecule has 31 heteroatoms. The zero-order valence-corrected chi connectivity index (χ0v) is 50.6. The molecule has 0 aromatic heterocycles. The first-order valence-corrected chi connectivity index (χ1v) is 30.5. The van der Waals surface area contributed by atoms with Crippen LogP contribution in [0.1, 0.15) is 130 Å². The number of unbranched alkanes of at least 4 members (excludes halogenated alkanes) is 4. The lowest BCUT2D eigenvalue weighted by molar-refractivity contribution is -0.131. The zero-order chi connectivity index (χ0) is 65.0. The van der Waals surface area contributed by atoms with Crippen molar-refractivity contribution in [3.8, 4) is 23.0 Å². The Morgan fingerprint density at radius 3 is 1.47 bits per heavy atom. The number of primary amides is 1. The highest BCUT2D eigenvalue weighted by Gasteiger charge is 2.54. The van der Waals surface area contributed by atoms with Gasteiger partial charge >= 0.3 is 5.97 Å². The van der Waals surface area contributed by atoms with Crippen molar-refractivity contribution in [3.63, 3.8) is 0 Å². The number of anilines is 1. The normalized spacial score (nSPS) is 13.6. The number of carbonyl (C=O) groups excluding carboxylic acids is 9. The lowest BCUT2D eigenvalue weighted by atomic mass is 9.77. The van der Waals surface area contributed by atoms with E-state index in [0.29, 0.717) is 87.6 Å². The van der Waals surface area contributed by atoms with Crippen LogP contribution in [0.5, 0.6) is 23.0 Å². The molecule has 2 aliphatic rings. The summed E-state index contributed by atoms with van der Waals surface area (Å²) in [5.41, 5.74) is 38.4. The van der Waals surface area contributed by atoms with Gasteiger partial charge < -0.3 is 97.0 Å². The van der Waals surface area contributed by atoms with Crippen LogP contribution in [0.3, 0.4) is 0 Å². The summed E-state index contributed by atoms with van der Waals surface area (Å²) in [6, 6.07) is 9.22. The summed E-state index contributed by atoms with van der Waals surface area (Å²) in [7, 11) is 0. The third kappa shape index (κ3) is 22.3. The minimum Gasteiger partial charge on any atom is -0.508 e. The van der Waals surface area contributed by atoms with E-state index < -0.39 is 65.3 Å². The van der Waals surface area contributed by atoms with Gasteiger partial charge in [0.25, 0.3) is 0 Å². The van der Waals surface area contributed by atoms with E-state index in [1.807, 2.05) is 0 Å². The van der Waals surface area contributed by atoms with Crippen molar-refractivity contribution >= 4 is 88.6 Å². The highest BCUT2D eigenvalue weighted by Crippen LogP contribution is 2.57. The first-order valence-electron chi connectivity index (χ1n) is 29.3. The second-order valence-electron chi connectivity index (χ2n) is 21.1. The Morgan fingerprint density at radius 2 is 1.01 bits per heavy atom. The fourth-order valence-corrected chi connectivity index (χ4v) is 10.6. The number of benzene rings is 3. The summed E-state index contributed by atoms with van der Waals surface area (Å²) in [6.07, 6.45) is 5.10. The molecule has 0 fully saturated rings. The highest BCUT2D eigenvalue weighted by atomic mass is 32.2. The number of amides is 8. The molecule has 4 atom stereocenters. The van der Waals surface area contributed by atoms with E-state index in [-0.39, 0.29) is 140 Å². The number of phenols is 2. The van der Waals surface area contributed by atoms with Gasteiger partial charge in [0.05, 0.1) is 11.3 Å². The van der Waals surface area contributed by atoms with Crippen molar-refractivity contribution in [2.75, 3.05) is 49.5 Å². The lowest BCUT2D eigenvalue weighted by Crippen LogP contribution is -2.53. The van der Waals surface area contributed by atoms with Gasteiger partial charge in [0, 0.05) is 92.2 Å². The fourth-order valence-electron chi connectivity index (χ4n) is 9.70. The van der Waals surface area contributed by atoms with Gasteiger partial charge in [-0.15, -0.1) is 11.8 Å². The van der Waals surface area contributed by atoms with Gasteiger partial charge in [0.2, 0.25) is 47.3 Å². The van der Waals surface area contributed by atoms with Gasteiger partial charge in [0.15, 0.2) is 23.5 Å². The fraction of sp³-hybridized carbons (Fsp3) is 0.483. The first-order chi connectivity index (χ1) is 42.5. The number of esters is 1. The third-order valence-corrected chi connectivity index (χ3v) is 15.1. The number of rotatable bonds is 38. The molecule has 5 rings (SSSR count). The van der Waals surface area contributed by atoms with Crippen LogP contribution in [0.2, 0.25) is 0 Å². The second kappa shape index (κ2) is 35.3. The van der Waals surface area contributed by atoms with Crippen LogP contribution in [-0.2, 0) is 48.7 Å². The number of guanidine groups is 3. The number of hydrogen-bond donors (Lipinski definition) is 16. The predicted molar refractivity (Wildman–Crippen MR) is 334 cm³/mol. The molecule has 3 aromatic rings. The van der Waals surface area contributed by atoms with Crippen molar-refractivity contribution < 1.29 is 62.8 Å². The van der Waals surface area contributed by atoms with Crippen molar-refractivity contribution in [2.45, 2.75) is 133 Å². The Labute approximate surface area is 518 Å². The standard InChI is InChI=1S/C58H83N17O13S/c1-2-46(78)72-40(12-9-25-68-55(60)61)51(83)66-23-7-3-5-15-47(79)73-41(13-10-26-69-56(62)63)52(84)67-24-8-4-6-16-48(80)74-42(14-11-27-70-57(64)65)53(85)75-43(50(59)82)31-89-32-49(81)71-33-17-20-36-39(28-33)58(88-54(36)86)37-21-18-34(76)29-44(37)87-45-30-35(77)19-22-38(45)58/h17-22,28-30,40-43,76-77H,2-16,23-27,31-32H2,1H3,(H2,59,82)(H,66,83)(H,67,84)(H,71,81)(H,72,78)(H,73,79)(H,74,80)(H,75,85)(H4,60,61,68)(H4,62,63,69)(H4,64,65,70). The molecule has 0 aliphatic carbocycles. The third-order valence-electron chi connectivity index (χ3n) is 14.1. The quantitative estimate of drug-likeness (QED) is 0.0151. The average Bonchev–Trinajstić information content (AvgIpc) is 1.64. The molecule has 0 radical (unpaired) electrons. The molecular weight excluding hydrogens is 1170 g/mol. The molecule has 3 aromatic carbocycles. The molecule has 0 bridgehead atoms. The molecular formula is C58H83N17O13S. The van der Waals surface area contributed by atoms with Crippen molar-refractivity contribution in [1.82, 2.24) is 31.9 Å². The van der Waals surface area contributed by atoms with Gasteiger partial charge in [-0.3, -0.25) is 53.3 Å². The summed E-state index contributed by atoms with van der Waals surface area (Å²) in [5, 5.41) is 39.8. The topological polar surface area (TPSA) is 516 Å². The lowest BCUT2D eigenvalue weighted by Gasteiger charge is -2.36. The van der Waals surface area contributed by atoms with Crippen molar-refractivity contribution in [1.29, 1.82) is 0 Å². The Balaban J connectivity index is 1.07. The van der Waals surface area contributed by atoms with Crippen LogP contribution in [0.15, 0.2) is 69.6 Å². The largest absolute Gasteiger partial charge is 0.508 e. The van der Waals surface area contributed by atoms with Crippen molar-refractivity contribution in [3.05, 3.63) is 76.9 Å². The van der Waals surface area contributed by atoms with Gasteiger partial charge in [0.1, 0.15) is 47.2 Å². The Morgan fingerprint density at radius 1 is 0.539 bits per heavy atom. The summed E-state index contributed by atoms with van der Waals surface area (Å²) in [4.78, 5) is 130. The molecule has 4 unspecified atom stereocenters. The minimum absolute atomic E-state index is 0.00380. The smallest absolute Gasteiger partial charge is 0.340 e. The molecule has 8 amide bonds. The van der Waals surface area contributed by atoms with Crippen molar-refractivity contribution in [2.24, 2.45) is 55.1 Å². The number of nitrogens with two attached hydrogens (primary N) is 7. The minimum atomic E-state index is -1.57. The number of phenolic OH excluding ortho intramolecular Hbond substituents is 2. The average molecular weight is 1260 g/mol.